The molecule has 1 aliphatic heterocycles. The fraction of sp³-hybridized carbons (Fsp3) is 0.300. The van der Waals surface area contributed by atoms with Crippen LogP contribution >= 0.6 is 11.6 Å². The summed E-state index contributed by atoms with van der Waals surface area (Å²) in [5, 5.41) is 3.33. The van der Waals surface area contributed by atoms with Gasteiger partial charge in [-0.05, 0) is 49.4 Å². The van der Waals surface area contributed by atoms with Crippen molar-refractivity contribution in [2.24, 2.45) is 5.92 Å². The van der Waals surface area contributed by atoms with Gasteiger partial charge in [0.1, 0.15) is 11.5 Å². The quantitative estimate of drug-likeness (QED) is 0.813. The molecule has 142 valence electrons. The summed E-state index contributed by atoms with van der Waals surface area (Å²) in [6.07, 6.45) is 0.217. The summed E-state index contributed by atoms with van der Waals surface area (Å²) in [6, 6.07) is 12.1. The van der Waals surface area contributed by atoms with Crippen molar-refractivity contribution in [2.45, 2.75) is 13.3 Å². The molecule has 1 N–H and O–H groups in total. The van der Waals surface area contributed by atoms with Crippen LogP contribution in [0.15, 0.2) is 42.5 Å². The molecular formula is C20H21ClN2O4. The zero-order valence-electron chi connectivity index (χ0n) is 15.2. The number of benzene rings is 2. The van der Waals surface area contributed by atoms with E-state index >= 15 is 0 Å². The van der Waals surface area contributed by atoms with Gasteiger partial charge in [-0.25, -0.2) is 0 Å². The van der Waals surface area contributed by atoms with Crippen LogP contribution in [0.1, 0.15) is 13.3 Å². The number of carbonyl (C=O) groups is 2. The number of likely N-dealkylation sites (tertiary alicyclic amines) is 1. The molecule has 0 radical (unpaired) electrons. The Kier molecular flexibility index (Phi) is 5.86. The lowest BCUT2D eigenvalue weighted by molar-refractivity contribution is -0.128. The predicted octanol–water partition coefficient (Wildman–Crippen LogP) is 3.95. The maximum absolute atomic E-state index is 12.6. The third kappa shape index (κ3) is 4.52. The zero-order chi connectivity index (χ0) is 19.4. The van der Waals surface area contributed by atoms with Gasteiger partial charge in [0.25, 0.3) is 0 Å². The molecule has 0 saturated carbocycles. The van der Waals surface area contributed by atoms with Gasteiger partial charge in [0.15, 0.2) is 5.75 Å². The standard InChI is InChI=1S/C20H21ClN2O4/c1-3-23-12-13(10-19(23)24)20(25)22-17-11-14(21)4-9-18(17)27-16-7-5-15(26-2)6-8-16/h4-9,11,13H,3,10,12H2,1-2H3,(H,22,25)/t13-/m1/s1. The van der Waals surface area contributed by atoms with Crippen molar-refractivity contribution in [1.82, 2.24) is 4.90 Å². The lowest BCUT2D eigenvalue weighted by Gasteiger charge is -2.16. The highest BCUT2D eigenvalue weighted by Gasteiger charge is 2.33. The molecule has 6 nitrogen and oxygen atoms in total. The second kappa shape index (κ2) is 8.31. The highest BCUT2D eigenvalue weighted by molar-refractivity contribution is 6.31. The van der Waals surface area contributed by atoms with E-state index in [0.717, 1.165) is 5.75 Å². The second-order valence-corrected chi connectivity index (χ2v) is 6.68. The predicted molar refractivity (Wildman–Crippen MR) is 104 cm³/mol. The van der Waals surface area contributed by atoms with E-state index in [1.54, 1.807) is 54.5 Å². The number of hydrogen-bond donors (Lipinski definition) is 1. The molecule has 0 aromatic heterocycles. The van der Waals surface area contributed by atoms with Crippen LogP contribution in [0.2, 0.25) is 5.02 Å². The molecule has 0 spiro atoms. The number of ether oxygens (including phenoxy) is 2. The van der Waals surface area contributed by atoms with Gasteiger partial charge in [0, 0.05) is 24.5 Å². The zero-order valence-corrected chi connectivity index (χ0v) is 16.0. The highest BCUT2D eigenvalue weighted by Crippen LogP contribution is 2.33. The molecule has 0 unspecified atom stereocenters. The summed E-state index contributed by atoms with van der Waals surface area (Å²) in [4.78, 5) is 26.2. The van der Waals surface area contributed by atoms with Crippen LogP contribution in [0.5, 0.6) is 17.2 Å². The van der Waals surface area contributed by atoms with Crippen molar-refractivity contribution in [1.29, 1.82) is 0 Å². The fourth-order valence-corrected chi connectivity index (χ4v) is 3.12. The van der Waals surface area contributed by atoms with Crippen LogP contribution in [0.25, 0.3) is 0 Å². The van der Waals surface area contributed by atoms with Crippen molar-refractivity contribution in [2.75, 3.05) is 25.5 Å². The maximum atomic E-state index is 12.6. The molecule has 1 aliphatic rings. The van der Waals surface area contributed by atoms with E-state index in [1.165, 1.54) is 0 Å². The highest BCUT2D eigenvalue weighted by atomic mass is 35.5. The molecule has 27 heavy (non-hydrogen) atoms. The van der Waals surface area contributed by atoms with Gasteiger partial charge in [-0.1, -0.05) is 11.6 Å². The molecule has 2 amide bonds. The van der Waals surface area contributed by atoms with Crippen LogP contribution in [0.3, 0.4) is 0 Å². The Morgan fingerprint density at radius 3 is 2.56 bits per heavy atom. The lowest BCUT2D eigenvalue weighted by Crippen LogP contribution is -2.28. The van der Waals surface area contributed by atoms with E-state index in [4.69, 9.17) is 21.1 Å². The lowest BCUT2D eigenvalue weighted by atomic mass is 10.1. The number of nitrogens with one attached hydrogen (secondary N) is 1. The van der Waals surface area contributed by atoms with Crippen LogP contribution < -0.4 is 14.8 Å². The molecule has 3 rings (SSSR count). The number of hydrogen-bond acceptors (Lipinski definition) is 4. The molecular weight excluding hydrogens is 368 g/mol. The number of amides is 2. The first kappa shape index (κ1) is 19.0. The second-order valence-electron chi connectivity index (χ2n) is 6.24. The third-order valence-electron chi connectivity index (χ3n) is 4.45. The van der Waals surface area contributed by atoms with Gasteiger partial charge < -0.3 is 19.7 Å². The Morgan fingerprint density at radius 2 is 1.93 bits per heavy atom. The smallest absolute Gasteiger partial charge is 0.229 e. The summed E-state index contributed by atoms with van der Waals surface area (Å²) in [5.74, 6) is 1.18. The third-order valence-corrected chi connectivity index (χ3v) is 4.69. The van der Waals surface area contributed by atoms with E-state index in [0.29, 0.717) is 35.3 Å². The Hall–Kier alpha value is -2.73. The average Bonchev–Trinajstić information content (AvgIpc) is 3.05. The molecule has 2 aromatic carbocycles. The van der Waals surface area contributed by atoms with Crippen LogP contribution in [-0.4, -0.2) is 36.9 Å². The van der Waals surface area contributed by atoms with E-state index in [2.05, 4.69) is 5.32 Å². The Bertz CT molecular complexity index is 838. The number of rotatable bonds is 6. The molecule has 2 aromatic rings. The van der Waals surface area contributed by atoms with Crippen molar-refractivity contribution >= 4 is 29.1 Å². The monoisotopic (exact) mass is 388 g/mol. The number of nitrogens with zero attached hydrogens (tertiary/aromatic N) is 1. The van der Waals surface area contributed by atoms with Gasteiger partial charge >= 0.3 is 0 Å². The van der Waals surface area contributed by atoms with Crippen molar-refractivity contribution in [3.63, 3.8) is 0 Å². The Balaban J connectivity index is 1.75. The van der Waals surface area contributed by atoms with Gasteiger partial charge in [-0.15, -0.1) is 0 Å². The Morgan fingerprint density at radius 1 is 1.22 bits per heavy atom. The largest absolute Gasteiger partial charge is 0.497 e. The van der Waals surface area contributed by atoms with Crippen LogP contribution in [-0.2, 0) is 9.59 Å². The van der Waals surface area contributed by atoms with Gasteiger partial charge in [0.2, 0.25) is 11.8 Å². The van der Waals surface area contributed by atoms with E-state index < -0.39 is 0 Å². The number of anilines is 1. The summed E-state index contributed by atoms with van der Waals surface area (Å²) < 4.78 is 11.0. The first-order valence-electron chi connectivity index (χ1n) is 8.70. The maximum Gasteiger partial charge on any atom is 0.229 e. The first-order chi connectivity index (χ1) is 13.0. The number of carbonyl (C=O) groups excluding carboxylic acids is 2. The molecule has 1 heterocycles. The molecule has 1 fully saturated rings. The SMILES string of the molecule is CCN1C[C@H](C(=O)Nc2cc(Cl)ccc2Oc2ccc(OC)cc2)CC1=O. The van der Waals surface area contributed by atoms with Crippen molar-refractivity contribution < 1.29 is 19.1 Å². The summed E-state index contributed by atoms with van der Waals surface area (Å²) >= 11 is 6.09. The summed E-state index contributed by atoms with van der Waals surface area (Å²) in [6.45, 7) is 2.93. The normalized spacial score (nSPS) is 16.3. The minimum absolute atomic E-state index is 0.00143. The number of halogens is 1. The van der Waals surface area contributed by atoms with E-state index in [1.807, 2.05) is 6.92 Å². The van der Waals surface area contributed by atoms with Gasteiger partial charge in [-0.3, -0.25) is 9.59 Å². The molecule has 7 heteroatoms. The molecule has 0 aliphatic carbocycles. The van der Waals surface area contributed by atoms with Crippen molar-refractivity contribution in [3.8, 4) is 17.2 Å². The van der Waals surface area contributed by atoms with Crippen molar-refractivity contribution in [3.05, 3.63) is 47.5 Å². The molecule has 0 bridgehead atoms. The molecule has 1 saturated heterocycles. The van der Waals surface area contributed by atoms with E-state index in [-0.39, 0.29) is 24.2 Å². The summed E-state index contributed by atoms with van der Waals surface area (Å²) in [7, 11) is 1.59. The van der Waals surface area contributed by atoms with Crippen LogP contribution in [0.4, 0.5) is 5.69 Å². The summed E-state index contributed by atoms with van der Waals surface area (Å²) in [5.41, 5.74) is 0.464. The first-order valence-corrected chi connectivity index (χ1v) is 9.08. The van der Waals surface area contributed by atoms with E-state index in [9.17, 15) is 9.59 Å². The average molecular weight is 389 g/mol. The topological polar surface area (TPSA) is 67.9 Å². The van der Waals surface area contributed by atoms with Gasteiger partial charge in [0.05, 0.1) is 18.7 Å². The fourth-order valence-electron chi connectivity index (χ4n) is 2.95. The van der Waals surface area contributed by atoms with Gasteiger partial charge in [-0.2, -0.15) is 0 Å². The molecule has 1 atom stereocenters. The minimum Gasteiger partial charge on any atom is -0.497 e. The minimum atomic E-state index is -0.384. The Labute approximate surface area is 163 Å². The van der Waals surface area contributed by atoms with Crippen LogP contribution in [0, 0.1) is 5.92 Å². The number of methoxy groups -OCH3 is 1.